The van der Waals surface area contributed by atoms with E-state index in [4.69, 9.17) is 30.5 Å². The summed E-state index contributed by atoms with van der Waals surface area (Å²) in [5, 5.41) is 0.615. The Kier molecular flexibility index (Phi) is 7.94. The van der Waals surface area contributed by atoms with Crippen LogP contribution in [0.5, 0.6) is 0 Å². The number of carbonyl (C=O) groups excluding carboxylic acids is 3. The molecule has 0 unspecified atom stereocenters. The minimum Gasteiger partial charge on any atom is -0.463 e. The van der Waals surface area contributed by atoms with Crippen molar-refractivity contribution in [2.24, 2.45) is 0 Å². The number of rotatable bonds is 6. The third-order valence-corrected chi connectivity index (χ3v) is 5.00. The van der Waals surface area contributed by atoms with Crippen LogP contribution >= 0.6 is 23.4 Å². The molecule has 4 atom stereocenters. The van der Waals surface area contributed by atoms with Crippen molar-refractivity contribution in [2.45, 2.75) is 55.8 Å². The Balaban J connectivity index is 2.19. The SMILES string of the molecule is CC(=O)OC[C@H]1O[C@H](Sc2ccc(Cl)cc2)C[C@@H](OC(C)=O)[C@@H]1OC(C)=O. The predicted molar refractivity (Wildman–Crippen MR) is 98.3 cm³/mol. The van der Waals surface area contributed by atoms with Crippen molar-refractivity contribution < 1.29 is 33.3 Å². The lowest BCUT2D eigenvalue weighted by Gasteiger charge is -2.39. The first-order valence-electron chi connectivity index (χ1n) is 8.30. The Labute approximate surface area is 166 Å². The standard InChI is InChI=1S/C18H21ClO7S/c1-10(20)23-9-16-18(25-12(3)22)15(24-11(2)21)8-17(26-16)27-14-6-4-13(19)5-7-14/h4-7,15-18H,8-9H2,1-3H3/t15-,16-,17-,18+/m1/s1. The lowest BCUT2D eigenvalue weighted by Crippen LogP contribution is -2.53. The molecule has 0 aromatic heterocycles. The van der Waals surface area contributed by atoms with Crippen LogP contribution in [-0.4, -0.2) is 48.3 Å². The molecular weight excluding hydrogens is 396 g/mol. The highest BCUT2D eigenvalue weighted by Crippen LogP contribution is 2.35. The van der Waals surface area contributed by atoms with Gasteiger partial charge in [0.15, 0.2) is 6.10 Å². The van der Waals surface area contributed by atoms with Crippen LogP contribution in [0.2, 0.25) is 5.02 Å². The molecule has 1 fully saturated rings. The lowest BCUT2D eigenvalue weighted by atomic mass is 10.0. The fourth-order valence-corrected chi connectivity index (χ4v) is 3.84. The zero-order valence-electron chi connectivity index (χ0n) is 15.2. The van der Waals surface area contributed by atoms with Crippen LogP contribution in [-0.2, 0) is 33.3 Å². The summed E-state index contributed by atoms with van der Waals surface area (Å²) in [6.45, 7) is 3.68. The first-order valence-corrected chi connectivity index (χ1v) is 9.56. The Morgan fingerprint density at radius 3 is 2.26 bits per heavy atom. The molecule has 0 spiro atoms. The first kappa shape index (κ1) is 21.5. The molecule has 2 rings (SSSR count). The van der Waals surface area contributed by atoms with Crippen LogP contribution in [0.1, 0.15) is 27.2 Å². The van der Waals surface area contributed by atoms with Crippen molar-refractivity contribution in [3.05, 3.63) is 29.3 Å². The molecule has 0 radical (unpaired) electrons. The number of hydrogen-bond acceptors (Lipinski definition) is 8. The molecule has 1 aliphatic rings. The summed E-state index contributed by atoms with van der Waals surface area (Å²) in [4.78, 5) is 35.1. The maximum atomic E-state index is 11.5. The van der Waals surface area contributed by atoms with Crippen molar-refractivity contribution >= 4 is 41.3 Å². The predicted octanol–water partition coefficient (Wildman–Crippen LogP) is 2.97. The minimum absolute atomic E-state index is 0.122. The third-order valence-electron chi connectivity index (χ3n) is 3.64. The highest BCUT2D eigenvalue weighted by atomic mass is 35.5. The Morgan fingerprint density at radius 1 is 1.07 bits per heavy atom. The summed E-state index contributed by atoms with van der Waals surface area (Å²) in [5.74, 6) is -1.53. The van der Waals surface area contributed by atoms with E-state index in [1.165, 1.54) is 32.5 Å². The monoisotopic (exact) mass is 416 g/mol. The molecule has 1 aliphatic heterocycles. The van der Waals surface area contributed by atoms with Gasteiger partial charge in [-0.3, -0.25) is 14.4 Å². The number of ether oxygens (including phenoxy) is 4. The van der Waals surface area contributed by atoms with E-state index in [0.717, 1.165) is 4.90 Å². The second-order valence-electron chi connectivity index (χ2n) is 5.94. The molecule has 148 valence electrons. The average Bonchev–Trinajstić information content (AvgIpc) is 2.56. The second-order valence-corrected chi connectivity index (χ2v) is 7.61. The highest BCUT2D eigenvalue weighted by molar-refractivity contribution is 7.99. The molecule has 0 N–H and O–H groups in total. The summed E-state index contributed by atoms with van der Waals surface area (Å²) in [6.07, 6.45) is -2.04. The van der Waals surface area contributed by atoms with Crippen molar-refractivity contribution in [1.82, 2.24) is 0 Å². The van der Waals surface area contributed by atoms with Gasteiger partial charge >= 0.3 is 17.9 Å². The summed E-state index contributed by atoms with van der Waals surface area (Å²) >= 11 is 7.31. The van der Waals surface area contributed by atoms with Crippen molar-refractivity contribution in [1.29, 1.82) is 0 Å². The van der Waals surface area contributed by atoms with E-state index in [-0.39, 0.29) is 6.61 Å². The van der Waals surface area contributed by atoms with E-state index < -0.39 is 41.7 Å². The molecule has 9 heteroatoms. The molecule has 0 amide bonds. The average molecular weight is 417 g/mol. The largest absolute Gasteiger partial charge is 0.463 e. The van der Waals surface area contributed by atoms with Crippen LogP contribution in [0.3, 0.4) is 0 Å². The van der Waals surface area contributed by atoms with Gasteiger partial charge in [0.05, 0.1) is 0 Å². The number of thioether (sulfide) groups is 1. The van der Waals surface area contributed by atoms with E-state index in [1.807, 2.05) is 12.1 Å². The molecule has 27 heavy (non-hydrogen) atoms. The molecule has 7 nitrogen and oxygen atoms in total. The van der Waals surface area contributed by atoms with Gasteiger partial charge in [0.25, 0.3) is 0 Å². The van der Waals surface area contributed by atoms with Gasteiger partial charge in [0.2, 0.25) is 0 Å². The normalized spacial score (nSPS) is 24.7. The summed E-state index contributed by atoms with van der Waals surface area (Å²) in [6, 6.07) is 7.20. The topological polar surface area (TPSA) is 88.1 Å². The molecular formula is C18H21ClO7S. The van der Waals surface area contributed by atoms with E-state index in [9.17, 15) is 14.4 Å². The number of hydrogen-bond donors (Lipinski definition) is 0. The maximum Gasteiger partial charge on any atom is 0.303 e. The van der Waals surface area contributed by atoms with Gasteiger partial charge in [-0.15, -0.1) is 0 Å². The van der Waals surface area contributed by atoms with Gasteiger partial charge in [0.1, 0.15) is 24.3 Å². The van der Waals surface area contributed by atoms with Crippen LogP contribution < -0.4 is 0 Å². The molecule has 1 heterocycles. The van der Waals surface area contributed by atoms with E-state index in [0.29, 0.717) is 11.4 Å². The molecule has 1 aromatic carbocycles. The smallest absolute Gasteiger partial charge is 0.303 e. The van der Waals surface area contributed by atoms with Gasteiger partial charge in [-0.25, -0.2) is 0 Å². The van der Waals surface area contributed by atoms with Crippen LogP contribution in [0.25, 0.3) is 0 Å². The van der Waals surface area contributed by atoms with E-state index >= 15 is 0 Å². The fourth-order valence-electron chi connectivity index (χ4n) is 2.64. The van der Waals surface area contributed by atoms with Gasteiger partial charge in [-0.1, -0.05) is 23.4 Å². The molecule has 1 aromatic rings. The van der Waals surface area contributed by atoms with Crippen molar-refractivity contribution in [3.63, 3.8) is 0 Å². The highest BCUT2D eigenvalue weighted by Gasteiger charge is 2.43. The number of esters is 3. The second kappa shape index (κ2) is 9.96. The molecule has 1 saturated heterocycles. The van der Waals surface area contributed by atoms with Crippen molar-refractivity contribution in [3.8, 4) is 0 Å². The van der Waals surface area contributed by atoms with Gasteiger partial charge in [-0.2, -0.15) is 0 Å². The minimum atomic E-state index is -0.868. The van der Waals surface area contributed by atoms with Gasteiger partial charge in [0, 0.05) is 37.1 Å². The van der Waals surface area contributed by atoms with Gasteiger partial charge in [-0.05, 0) is 24.3 Å². The summed E-state index contributed by atoms with van der Waals surface area (Å²) in [5.41, 5.74) is -0.400. The number of carbonyl (C=O) groups is 3. The quantitative estimate of drug-likeness (QED) is 0.516. The Morgan fingerprint density at radius 2 is 1.70 bits per heavy atom. The van der Waals surface area contributed by atoms with Crippen molar-refractivity contribution in [2.75, 3.05) is 6.61 Å². The fraction of sp³-hybridized carbons (Fsp3) is 0.500. The first-order chi connectivity index (χ1) is 12.7. The zero-order chi connectivity index (χ0) is 20.0. The van der Waals surface area contributed by atoms with E-state index in [2.05, 4.69) is 0 Å². The Bertz CT molecular complexity index is 679. The Hall–Kier alpha value is -1.77. The summed E-state index contributed by atoms with van der Waals surface area (Å²) < 4.78 is 21.7. The molecule has 0 bridgehead atoms. The van der Waals surface area contributed by atoms with Crippen LogP contribution in [0.4, 0.5) is 0 Å². The maximum absolute atomic E-state index is 11.5. The number of benzene rings is 1. The van der Waals surface area contributed by atoms with Gasteiger partial charge < -0.3 is 18.9 Å². The van der Waals surface area contributed by atoms with Crippen LogP contribution in [0, 0.1) is 0 Å². The van der Waals surface area contributed by atoms with E-state index in [1.54, 1.807) is 12.1 Å². The molecule has 0 saturated carbocycles. The lowest BCUT2D eigenvalue weighted by molar-refractivity contribution is -0.204. The summed E-state index contributed by atoms with van der Waals surface area (Å²) in [7, 11) is 0. The molecule has 0 aliphatic carbocycles. The van der Waals surface area contributed by atoms with Crippen LogP contribution in [0.15, 0.2) is 29.2 Å². The third kappa shape index (κ3) is 7.04. The zero-order valence-corrected chi connectivity index (χ0v) is 16.7. The number of halogens is 1.